The van der Waals surface area contributed by atoms with Gasteiger partial charge in [0.2, 0.25) is 0 Å². The zero-order chi connectivity index (χ0) is 8.15. The third kappa shape index (κ3) is 5.60. The molecule has 0 rings (SSSR count). The molecule has 0 heterocycles. The van der Waals surface area contributed by atoms with Crippen molar-refractivity contribution < 1.29 is 9.53 Å². The Hall–Kier alpha value is -0.530. The zero-order valence-electron chi connectivity index (χ0n) is 7.05. The van der Waals surface area contributed by atoms with E-state index in [1.54, 1.807) is 6.42 Å². The molecule has 0 amide bonds. The van der Waals surface area contributed by atoms with E-state index in [9.17, 15) is 4.79 Å². The van der Waals surface area contributed by atoms with E-state index < -0.39 is 0 Å². The average molecular weight is 143 g/mol. The Bertz CT molecular complexity index is 93.8. The van der Waals surface area contributed by atoms with Crippen LogP contribution in [-0.4, -0.2) is 12.1 Å². The molecule has 0 aliphatic rings. The van der Waals surface area contributed by atoms with Crippen molar-refractivity contribution >= 4 is 5.97 Å². The molecule has 1 radical (unpaired) electrons. The highest BCUT2D eigenvalue weighted by molar-refractivity contribution is 5.79. The van der Waals surface area contributed by atoms with Gasteiger partial charge >= 0.3 is 5.97 Å². The van der Waals surface area contributed by atoms with Crippen molar-refractivity contribution in [2.24, 2.45) is 5.92 Å². The van der Waals surface area contributed by atoms with Crippen LogP contribution in [0.3, 0.4) is 0 Å². The third-order valence-electron chi connectivity index (χ3n) is 0.821. The summed E-state index contributed by atoms with van der Waals surface area (Å²) in [5.41, 5.74) is 0. The van der Waals surface area contributed by atoms with E-state index >= 15 is 0 Å². The molecule has 0 saturated heterocycles. The lowest BCUT2D eigenvalue weighted by Gasteiger charge is -2.08. The fourth-order valence-corrected chi connectivity index (χ4v) is 0.544. The fourth-order valence-electron chi connectivity index (χ4n) is 0.544. The maximum absolute atomic E-state index is 10.8. The van der Waals surface area contributed by atoms with Crippen molar-refractivity contribution in [1.82, 2.24) is 0 Å². The first kappa shape index (κ1) is 9.47. The van der Waals surface area contributed by atoms with Crippen molar-refractivity contribution in [1.29, 1.82) is 0 Å². The first-order chi connectivity index (χ1) is 4.52. The molecule has 0 aromatic carbocycles. The van der Waals surface area contributed by atoms with E-state index in [0.29, 0.717) is 0 Å². The number of carbonyl (C=O) groups is 1. The lowest BCUT2D eigenvalue weighted by atomic mass is 10.1. The summed E-state index contributed by atoms with van der Waals surface area (Å²) in [5.74, 6) is 0.0521. The average Bonchev–Trinajstić information content (AvgIpc) is 1.58. The number of hydrogen-bond acceptors (Lipinski definition) is 2. The van der Waals surface area contributed by atoms with E-state index in [-0.39, 0.29) is 18.0 Å². The van der Waals surface area contributed by atoms with Crippen molar-refractivity contribution in [3.8, 4) is 0 Å². The van der Waals surface area contributed by atoms with E-state index in [2.05, 4.69) is 0 Å². The Morgan fingerprint density at radius 3 is 2.10 bits per heavy atom. The van der Waals surface area contributed by atoms with Crippen LogP contribution in [0.25, 0.3) is 0 Å². The quantitative estimate of drug-likeness (QED) is 0.563. The van der Waals surface area contributed by atoms with Gasteiger partial charge in [0.05, 0.1) is 12.5 Å². The summed E-state index contributed by atoms with van der Waals surface area (Å²) in [6.45, 7) is 7.57. The Kier molecular flexibility index (Phi) is 4.08. The molecule has 0 N–H and O–H groups in total. The van der Waals surface area contributed by atoms with E-state index in [1.807, 2.05) is 27.7 Å². The van der Waals surface area contributed by atoms with Gasteiger partial charge in [0.1, 0.15) is 0 Å². The molecule has 10 heavy (non-hydrogen) atoms. The van der Waals surface area contributed by atoms with Gasteiger partial charge in [-0.1, -0.05) is 13.8 Å². The van der Waals surface area contributed by atoms with Crippen LogP contribution in [0, 0.1) is 12.3 Å². The van der Waals surface area contributed by atoms with Crippen LogP contribution in [-0.2, 0) is 9.53 Å². The molecular formula is C8H15O2. The predicted octanol–water partition coefficient (Wildman–Crippen LogP) is 1.80. The molecule has 0 saturated carbocycles. The maximum atomic E-state index is 10.8. The van der Waals surface area contributed by atoms with Gasteiger partial charge in [-0.25, -0.2) is 0 Å². The standard InChI is InChI=1S/C8H15O2/c1-6(2)5-8(9)10-7(3)4/h5-7H,1-4H3. The summed E-state index contributed by atoms with van der Waals surface area (Å²) in [6.07, 6.45) is 1.56. The van der Waals surface area contributed by atoms with Gasteiger partial charge in [-0.15, -0.1) is 0 Å². The van der Waals surface area contributed by atoms with Gasteiger partial charge in [-0.2, -0.15) is 0 Å². The number of rotatable bonds is 3. The summed E-state index contributed by atoms with van der Waals surface area (Å²) in [5, 5.41) is 0. The van der Waals surface area contributed by atoms with Crippen LogP contribution in [0.2, 0.25) is 0 Å². The lowest BCUT2D eigenvalue weighted by molar-refractivity contribution is -0.143. The normalized spacial score (nSPS) is 10.6. The van der Waals surface area contributed by atoms with Crippen LogP contribution >= 0.6 is 0 Å². The van der Waals surface area contributed by atoms with Crippen LogP contribution in [0.5, 0.6) is 0 Å². The summed E-state index contributed by atoms with van der Waals surface area (Å²) in [7, 11) is 0. The molecule has 59 valence electrons. The molecule has 0 aliphatic carbocycles. The van der Waals surface area contributed by atoms with Gasteiger partial charge < -0.3 is 4.74 Å². The van der Waals surface area contributed by atoms with Crippen molar-refractivity contribution in [3.05, 3.63) is 6.42 Å². The molecule has 2 nitrogen and oxygen atoms in total. The third-order valence-corrected chi connectivity index (χ3v) is 0.821. The minimum absolute atomic E-state index is 0.0116. The predicted molar refractivity (Wildman–Crippen MR) is 40.4 cm³/mol. The highest BCUT2D eigenvalue weighted by Crippen LogP contribution is 2.01. The summed E-state index contributed by atoms with van der Waals surface area (Å²) < 4.78 is 4.87. The highest BCUT2D eigenvalue weighted by atomic mass is 16.5. The highest BCUT2D eigenvalue weighted by Gasteiger charge is 2.07. The largest absolute Gasteiger partial charge is 0.463 e. The molecule has 0 aromatic rings. The van der Waals surface area contributed by atoms with Crippen molar-refractivity contribution in [2.45, 2.75) is 33.8 Å². The first-order valence-corrected chi connectivity index (χ1v) is 3.58. The maximum Gasteiger partial charge on any atom is 0.310 e. The van der Waals surface area contributed by atoms with Gasteiger partial charge in [-0.3, -0.25) is 4.79 Å². The van der Waals surface area contributed by atoms with E-state index in [1.165, 1.54) is 0 Å². The molecule has 0 spiro atoms. The van der Waals surface area contributed by atoms with Crippen molar-refractivity contribution in [2.75, 3.05) is 0 Å². The molecule has 0 bridgehead atoms. The molecule has 0 aliphatic heterocycles. The Labute approximate surface area is 62.6 Å². The number of ether oxygens (including phenoxy) is 1. The SMILES string of the molecule is CC(C)[CH]C(=O)OC(C)C. The van der Waals surface area contributed by atoms with Crippen LogP contribution in [0.4, 0.5) is 0 Å². The van der Waals surface area contributed by atoms with E-state index in [0.717, 1.165) is 0 Å². The molecule has 0 fully saturated rings. The van der Waals surface area contributed by atoms with Gasteiger partial charge in [0.25, 0.3) is 0 Å². The Morgan fingerprint density at radius 1 is 1.30 bits per heavy atom. The summed E-state index contributed by atoms with van der Waals surface area (Å²) >= 11 is 0. The molecule has 0 atom stereocenters. The second kappa shape index (κ2) is 4.31. The second-order valence-corrected chi connectivity index (χ2v) is 2.90. The molecule has 0 aromatic heterocycles. The van der Waals surface area contributed by atoms with Gasteiger partial charge in [-0.05, 0) is 19.8 Å². The number of carbonyl (C=O) groups excluding carboxylic acids is 1. The van der Waals surface area contributed by atoms with Gasteiger partial charge in [0, 0.05) is 0 Å². The smallest absolute Gasteiger partial charge is 0.310 e. The topological polar surface area (TPSA) is 26.3 Å². The van der Waals surface area contributed by atoms with Crippen LogP contribution in [0.1, 0.15) is 27.7 Å². The first-order valence-electron chi connectivity index (χ1n) is 3.58. The minimum atomic E-state index is -0.218. The van der Waals surface area contributed by atoms with Crippen LogP contribution < -0.4 is 0 Å². The van der Waals surface area contributed by atoms with E-state index in [4.69, 9.17) is 4.74 Å². The van der Waals surface area contributed by atoms with Gasteiger partial charge in [0.15, 0.2) is 0 Å². The monoisotopic (exact) mass is 143 g/mol. The Morgan fingerprint density at radius 2 is 1.80 bits per heavy atom. The lowest BCUT2D eigenvalue weighted by Crippen LogP contribution is -2.13. The zero-order valence-corrected chi connectivity index (χ0v) is 7.05. The minimum Gasteiger partial charge on any atom is -0.463 e. The fraction of sp³-hybridized carbons (Fsp3) is 0.750. The summed E-state index contributed by atoms with van der Waals surface area (Å²) in [6, 6.07) is 0. The van der Waals surface area contributed by atoms with Crippen LogP contribution in [0.15, 0.2) is 0 Å². The number of esters is 1. The summed E-state index contributed by atoms with van der Waals surface area (Å²) in [4.78, 5) is 10.8. The molecule has 2 heteroatoms. The van der Waals surface area contributed by atoms with Crippen molar-refractivity contribution in [3.63, 3.8) is 0 Å². The molecular weight excluding hydrogens is 128 g/mol. The number of hydrogen-bond donors (Lipinski definition) is 0. The second-order valence-electron chi connectivity index (χ2n) is 2.90. The molecule has 0 unspecified atom stereocenters. The Balaban J connectivity index is 3.44.